The van der Waals surface area contributed by atoms with Crippen LogP contribution in [0.1, 0.15) is 33.3 Å². The molecule has 0 saturated carbocycles. The van der Waals surface area contributed by atoms with E-state index in [2.05, 4.69) is 63.2 Å². The van der Waals surface area contributed by atoms with Crippen LogP contribution in [0.15, 0.2) is 18.2 Å². The number of hydrogen-bond donors (Lipinski definition) is 1. The van der Waals surface area contributed by atoms with Gasteiger partial charge in [0.05, 0.1) is 11.7 Å². The molecule has 1 aromatic carbocycles. The molecule has 1 aromatic rings. The first-order valence-corrected chi connectivity index (χ1v) is 7.03. The van der Waals surface area contributed by atoms with Crippen molar-refractivity contribution >= 4 is 5.69 Å². The molecule has 0 radical (unpaired) electrons. The van der Waals surface area contributed by atoms with Crippen molar-refractivity contribution in [3.63, 3.8) is 0 Å². The van der Waals surface area contributed by atoms with Gasteiger partial charge < -0.3 is 15.0 Å². The molecule has 0 bridgehead atoms. The molecule has 0 amide bonds. The number of benzene rings is 1. The monoisotopic (exact) mass is 262 g/mol. The highest BCUT2D eigenvalue weighted by Gasteiger charge is 2.31. The minimum absolute atomic E-state index is 0.168. The number of nitrogens with zero attached hydrogens (tertiary/aromatic N) is 1. The maximum atomic E-state index is 6.12. The zero-order valence-corrected chi connectivity index (χ0v) is 12.9. The molecule has 1 N–H and O–H groups in total. The number of rotatable bonds is 2. The molecule has 0 aromatic heterocycles. The van der Waals surface area contributed by atoms with Crippen LogP contribution in [0.4, 0.5) is 5.69 Å². The van der Waals surface area contributed by atoms with E-state index in [-0.39, 0.29) is 11.5 Å². The molecule has 0 spiro atoms. The lowest BCUT2D eigenvalue weighted by Gasteiger charge is -2.40. The van der Waals surface area contributed by atoms with Gasteiger partial charge in [-0.25, -0.2) is 0 Å². The summed E-state index contributed by atoms with van der Waals surface area (Å²) >= 11 is 0. The van der Waals surface area contributed by atoms with Gasteiger partial charge >= 0.3 is 0 Å². The lowest BCUT2D eigenvalue weighted by molar-refractivity contribution is 0.160. The Kier molecular flexibility index (Phi) is 3.77. The van der Waals surface area contributed by atoms with Crippen molar-refractivity contribution in [3.8, 4) is 5.75 Å². The van der Waals surface area contributed by atoms with Gasteiger partial charge in [-0.15, -0.1) is 0 Å². The van der Waals surface area contributed by atoms with E-state index in [9.17, 15) is 0 Å². The highest BCUT2D eigenvalue weighted by atomic mass is 16.5. The van der Waals surface area contributed by atoms with Gasteiger partial charge in [-0.3, -0.25) is 0 Å². The molecule has 2 atom stereocenters. The van der Waals surface area contributed by atoms with E-state index >= 15 is 0 Å². The Balaban J connectivity index is 2.36. The number of ether oxygens (including phenoxy) is 1. The van der Waals surface area contributed by atoms with Crippen molar-refractivity contribution in [1.82, 2.24) is 5.32 Å². The summed E-state index contributed by atoms with van der Waals surface area (Å²) in [6.45, 7) is 9.81. The van der Waals surface area contributed by atoms with Crippen LogP contribution in [0.5, 0.6) is 5.75 Å². The van der Waals surface area contributed by atoms with Crippen molar-refractivity contribution in [2.24, 2.45) is 0 Å². The van der Waals surface area contributed by atoms with Gasteiger partial charge in [0.2, 0.25) is 0 Å². The van der Waals surface area contributed by atoms with Crippen LogP contribution in [0, 0.1) is 0 Å². The zero-order valence-electron chi connectivity index (χ0n) is 12.9. The number of likely N-dealkylation sites (N-methyl/N-ethyl adjacent to an activating group) is 2. The van der Waals surface area contributed by atoms with Crippen molar-refractivity contribution in [2.45, 2.75) is 45.3 Å². The van der Waals surface area contributed by atoms with Crippen LogP contribution in [-0.2, 0) is 5.41 Å². The van der Waals surface area contributed by atoms with Gasteiger partial charge in [0.1, 0.15) is 11.9 Å². The number of nitrogens with one attached hydrogen (secondary N) is 1. The van der Waals surface area contributed by atoms with E-state index < -0.39 is 0 Å². The molecule has 1 aliphatic rings. The highest BCUT2D eigenvalue weighted by Crippen LogP contribution is 2.38. The molecule has 0 fully saturated rings. The third-order valence-electron chi connectivity index (χ3n) is 4.04. The first kappa shape index (κ1) is 14.2. The maximum absolute atomic E-state index is 6.12. The Morgan fingerprint density at radius 3 is 2.58 bits per heavy atom. The second-order valence-electron chi connectivity index (χ2n) is 6.50. The average Bonchev–Trinajstić information content (AvgIpc) is 2.34. The second kappa shape index (κ2) is 5.04. The normalized spacial score (nSPS) is 22.9. The molecular weight excluding hydrogens is 236 g/mol. The molecular formula is C16H26N2O. The molecule has 0 aliphatic carbocycles. The Labute approximate surface area is 116 Å². The van der Waals surface area contributed by atoms with Crippen molar-refractivity contribution in [1.29, 1.82) is 0 Å². The Morgan fingerprint density at radius 2 is 2.00 bits per heavy atom. The number of anilines is 1. The lowest BCUT2D eigenvalue weighted by Crippen LogP contribution is -2.50. The van der Waals surface area contributed by atoms with E-state index in [0.29, 0.717) is 6.04 Å². The van der Waals surface area contributed by atoms with E-state index in [0.717, 1.165) is 12.3 Å². The Hall–Kier alpha value is -1.22. The van der Waals surface area contributed by atoms with E-state index in [1.807, 2.05) is 7.05 Å². The Morgan fingerprint density at radius 1 is 1.32 bits per heavy atom. The summed E-state index contributed by atoms with van der Waals surface area (Å²) in [4.78, 5) is 2.33. The smallest absolute Gasteiger partial charge is 0.143 e. The maximum Gasteiger partial charge on any atom is 0.143 e. The number of fused-ring (bicyclic) bond motifs is 1. The average molecular weight is 262 g/mol. The van der Waals surface area contributed by atoms with Gasteiger partial charge in [0.15, 0.2) is 0 Å². The summed E-state index contributed by atoms with van der Waals surface area (Å²) in [5, 5.41) is 3.20. The quantitative estimate of drug-likeness (QED) is 0.887. The third-order valence-corrected chi connectivity index (χ3v) is 4.04. The second-order valence-corrected chi connectivity index (χ2v) is 6.50. The van der Waals surface area contributed by atoms with Gasteiger partial charge in [0, 0.05) is 13.6 Å². The SMILES string of the molecule is CNCC1Oc2ccc(C(C)(C)C)cc2N(C)C1C. The lowest BCUT2D eigenvalue weighted by atomic mass is 9.86. The molecule has 1 aliphatic heterocycles. The molecule has 3 heteroatoms. The van der Waals surface area contributed by atoms with Crippen LogP contribution in [0.2, 0.25) is 0 Å². The van der Waals surface area contributed by atoms with Crippen molar-refractivity contribution in [3.05, 3.63) is 23.8 Å². The Bertz CT molecular complexity index is 451. The molecule has 1 heterocycles. The first-order chi connectivity index (χ1) is 8.84. The van der Waals surface area contributed by atoms with Gasteiger partial charge in [-0.1, -0.05) is 26.8 Å². The summed E-state index contributed by atoms with van der Waals surface area (Å²) in [6, 6.07) is 6.93. The van der Waals surface area contributed by atoms with Crippen molar-refractivity contribution < 1.29 is 4.74 Å². The van der Waals surface area contributed by atoms with Crippen LogP contribution in [0.25, 0.3) is 0 Å². The third kappa shape index (κ3) is 2.71. The highest BCUT2D eigenvalue weighted by molar-refractivity contribution is 5.62. The summed E-state index contributed by atoms with van der Waals surface area (Å²) < 4.78 is 6.12. The predicted octanol–water partition coefficient (Wildman–Crippen LogP) is 2.79. The fraction of sp³-hybridized carbons (Fsp3) is 0.625. The van der Waals surface area contributed by atoms with Crippen LogP contribution in [-0.4, -0.2) is 32.8 Å². The van der Waals surface area contributed by atoms with E-state index in [1.165, 1.54) is 11.3 Å². The van der Waals surface area contributed by atoms with Gasteiger partial charge in [-0.2, -0.15) is 0 Å². The fourth-order valence-electron chi connectivity index (χ4n) is 2.50. The van der Waals surface area contributed by atoms with Crippen LogP contribution >= 0.6 is 0 Å². The molecule has 106 valence electrons. The van der Waals surface area contributed by atoms with Gasteiger partial charge in [0.25, 0.3) is 0 Å². The molecule has 2 rings (SSSR count). The molecule has 3 nitrogen and oxygen atoms in total. The predicted molar refractivity (Wildman–Crippen MR) is 81.3 cm³/mol. The first-order valence-electron chi connectivity index (χ1n) is 7.03. The largest absolute Gasteiger partial charge is 0.485 e. The topological polar surface area (TPSA) is 24.5 Å². The minimum Gasteiger partial charge on any atom is -0.485 e. The number of hydrogen-bond acceptors (Lipinski definition) is 3. The van der Waals surface area contributed by atoms with E-state index in [1.54, 1.807) is 0 Å². The minimum atomic E-state index is 0.168. The standard InChI is InChI=1S/C16H26N2O/c1-11-15(10-17-5)19-14-8-7-12(16(2,3)4)9-13(14)18(11)6/h7-9,11,15,17H,10H2,1-6H3. The molecule has 0 saturated heterocycles. The summed E-state index contributed by atoms with van der Waals surface area (Å²) in [5.41, 5.74) is 2.72. The van der Waals surface area contributed by atoms with Gasteiger partial charge in [-0.05, 0) is 37.1 Å². The summed E-state index contributed by atoms with van der Waals surface area (Å²) in [6.07, 6.45) is 0.197. The van der Waals surface area contributed by atoms with Crippen LogP contribution < -0.4 is 15.0 Å². The fourth-order valence-corrected chi connectivity index (χ4v) is 2.50. The zero-order chi connectivity index (χ0) is 14.2. The summed E-state index contributed by atoms with van der Waals surface area (Å²) in [5.74, 6) is 0.994. The van der Waals surface area contributed by atoms with E-state index in [4.69, 9.17) is 4.74 Å². The molecule has 19 heavy (non-hydrogen) atoms. The summed E-state index contributed by atoms with van der Waals surface area (Å²) in [7, 11) is 4.12. The molecule has 2 unspecified atom stereocenters. The van der Waals surface area contributed by atoms with Crippen LogP contribution in [0.3, 0.4) is 0 Å². The van der Waals surface area contributed by atoms with Crippen molar-refractivity contribution in [2.75, 3.05) is 25.5 Å².